The molecular formula is C26H42O8. The summed E-state index contributed by atoms with van der Waals surface area (Å²) < 4.78 is 12.0. The molecule has 8 heteroatoms. The van der Waals surface area contributed by atoms with Crippen LogP contribution in [0.4, 0.5) is 0 Å². The maximum atomic E-state index is 11.7. The van der Waals surface area contributed by atoms with E-state index in [1.807, 2.05) is 6.92 Å². The summed E-state index contributed by atoms with van der Waals surface area (Å²) in [5.41, 5.74) is 3.03. The lowest BCUT2D eigenvalue weighted by Gasteiger charge is -2.45. The van der Waals surface area contributed by atoms with Crippen molar-refractivity contribution in [2.24, 2.45) is 29.1 Å². The molecule has 1 aliphatic heterocycles. The van der Waals surface area contributed by atoms with Crippen LogP contribution < -0.4 is 0 Å². The molecule has 8 nitrogen and oxygen atoms in total. The van der Waals surface area contributed by atoms with Crippen molar-refractivity contribution in [2.75, 3.05) is 13.2 Å². The highest BCUT2D eigenvalue weighted by atomic mass is 16.7. The predicted molar refractivity (Wildman–Crippen MR) is 124 cm³/mol. The number of hydrogen-bond acceptors (Lipinski definition) is 8. The molecule has 0 amide bonds. The van der Waals surface area contributed by atoms with Gasteiger partial charge in [0.15, 0.2) is 6.29 Å². The molecule has 4 aliphatic rings. The van der Waals surface area contributed by atoms with Crippen LogP contribution in [0.1, 0.15) is 53.4 Å². The first kappa shape index (κ1) is 26.2. The van der Waals surface area contributed by atoms with Crippen molar-refractivity contribution in [3.05, 3.63) is 22.8 Å². The molecule has 3 aliphatic carbocycles. The molecule has 194 valence electrons. The highest BCUT2D eigenvalue weighted by Crippen LogP contribution is 2.55. The summed E-state index contributed by atoms with van der Waals surface area (Å²) in [5.74, 6) is 0.285. The van der Waals surface area contributed by atoms with Crippen molar-refractivity contribution in [2.45, 2.75) is 96.3 Å². The van der Waals surface area contributed by atoms with Gasteiger partial charge in [-0.2, -0.15) is 0 Å². The Balaban J connectivity index is 1.78. The fraction of sp³-hybridized carbons (Fsp3) is 0.846. The normalized spacial score (nSPS) is 48.9. The molecule has 0 bridgehead atoms. The number of allylic oxidation sites excluding steroid dienone is 2. The van der Waals surface area contributed by atoms with Gasteiger partial charge in [0, 0.05) is 17.9 Å². The fourth-order valence-electron chi connectivity index (χ4n) is 6.82. The van der Waals surface area contributed by atoms with E-state index in [1.54, 1.807) is 0 Å². The van der Waals surface area contributed by atoms with Crippen molar-refractivity contribution in [3.63, 3.8) is 0 Å². The molecule has 0 aromatic carbocycles. The highest BCUT2D eigenvalue weighted by Gasteiger charge is 2.52. The Labute approximate surface area is 201 Å². The molecule has 0 radical (unpaired) electrons. The summed E-state index contributed by atoms with van der Waals surface area (Å²) in [6, 6.07) is 0. The van der Waals surface area contributed by atoms with Crippen LogP contribution in [0.25, 0.3) is 0 Å². The Morgan fingerprint density at radius 2 is 1.74 bits per heavy atom. The summed E-state index contributed by atoms with van der Waals surface area (Å²) in [7, 11) is 0. The van der Waals surface area contributed by atoms with Crippen LogP contribution in [0.5, 0.6) is 0 Å². The third-order valence-corrected chi connectivity index (χ3v) is 8.90. The van der Waals surface area contributed by atoms with E-state index < -0.39 is 49.5 Å². The SMILES string of the molecule is CC(C)C1=C2[C@@H](O[C@H]3O[C@H](CO)[C@H](O)[C@@H](O)[C@H]3O)[C@H](O)[C@H](C)[C@@H]3CC[C@H](CO)/C3=C/[C@@]2(C)CC1. The van der Waals surface area contributed by atoms with Gasteiger partial charge in [-0.3, -0.25) is 0 Å². The van der Waals surface area contributed by atoms with Crippen LogP contribution in [0, 0.1) is 29.1 Å². The largest absolute Gasteiger partial charge is 0.396 e. The second kappa shape index (κ2) is 9.90. The van der Waals surface area contributed by atoms with Crippen molar-refractivity contribution in [3.8, 4) is 0 Å². The van der Waals surface area contributed by atoms with Gasteiger partial charge >= 0.3 is 0 Å². The first-order valence-electron chi connectivity index (χ1n) is 12.7. The number of aliphatic hydroxyl groups excluding tert-OH is 6. The lowest BCUT2D eigenvalue weighted by molar-refractivity contribution is -0.315. The molecule has 0 unspecified atom stereocenters. The maximum Gasteiger partial charge on any atom is 0.187 e. The highest BCUT2D eigenvalue weighted by molar-refractivity contribution is 5.41. The Morgan fingerprint density at radius 1 is 1.03 bits per heavy atom. The monoisotopic (exact) mass is 482 g/mol. The van der Waals surface area contributed by atoms with Crippen molar-refractivity contribution >= 4 is 0 Å². The average molecular weight is 483 g/mol. The minimum atomic E-state index is -1.54. The molecule has 4 rings (SSSR count). The predicted octanol–water partition coefficient (Wildman–Crippen LogP) is 0.880. The smallest absolute Gasteiger partial charge is 0.187 e. The van der Waals surface area contributed by atoms with Gasteiger partial charge in [-0.05, 0) is 49.0 Å². The minimum absolute atomic E-state index is 0.0993. The topological polar surface area (TPSA) is 140 Å². The number of rotatable bonds is 5. The fourth-order valence-corrected chi connectivity index (χ4v) is 6.82. The van der Waals surface area contributed by atoms with Crippen LogP contribution in [-0.2, 0) is 9.47 Å². The Morgan fingerprint density at radius 3 is 2.35 bits per heavy atom. The number of ether oxygens (including phenoxy) is 2. The van der Waals surface area contributed by atoms with E-state index in [2.05, 4.69) is 26.8 Å². The van der Waals surface area contributed by atoms with Gasteiger partial charge in [-0.15, -0.1) is 0 Å². The van der Waals surface area contributed by atoms with Crippen LogP contribution in [0.3, 0.4) is 0 Å². The molecule has 11 atom stereocenters. The van der Waals surface area contributed by atoms with Crippen LogP contribution in [0.15, 0.2) is 22.8 Å². The summed E-state index contributed by atoms with van der Waals surface area (Å²) in [6.45, 7) is 7.96. The van der Waals surface area contributed by atoms with Gasteiger partial charge in [0.1, 0.15) is 30.5 Å². The van der Waals surface area contributed by atoms with Crippen LogP contribution >= 0.6 is 0 Å². The van der Waals surface area contributed by atoms with E-state index >= 15 is 0 Å². The van der Waals surface area contributed by atoms with Gasteiger partial charge in [-0.25, -0.2) is 0 Å². The molecule has 34 heavy (non-hydrogen) atoms. The lowest BCUT2D eigenvalue weighted by Crippen LogP contribution is -2.60. The van der Waals surface area contributed by atoms with Crippen molar-refractivity contribution in [1.82, 2.24) is 0 Å². The summed E-state index contributed by atoms with van der Waals surface area (Å²) >= 11 is 0. The van der Waals surface area contributed by atoms with E-state index in [-0.39, 0.29) is 35.7 Å². The minimum Gasteiger partial charge on any atom is -0.396 e. The molecule has 1 saturated carbocycles. The summed E-state index contributed by atoms with van der Waals surface area (Å²) in [4.78, 5) is 0. The number of hydrogen-bond donors (Lipinski definition) is 6. The van der Waals surface area contributed by atoms with Gasteiger partial charge in [0.2, 0.25) is 0 Å². The molecule has 0 aromatic rings. The molecule has 1 saturated heterocycles. The molecule has 1 heterocycles. The van der Waals surface area contributed by atoms with Crippen molar-refractivity contribution < 1.29 is 40.1 Å². The zero-order valence-corrected chi connectivity index (χ0v) is 20.7. The second-order valence-electron chi connectivity index (χ2n) is 11.3. The van der Waals surface area contributed by atoms with Gasteiger partial charge in [0.05, 0.1) is 12.7 Å². The quantitative estimate of drug-likeness (QED) is 0.318. The second-order valence-corrected chi connectivity index (χ2v) is 11.3. The number of aliphatic hydroxyl groups is 6. The lowest BCUT2D eigenvalue weighted by atomic mass is 9.68. The Bertz CT molecular complexity index is 807. The first-order valence-corrected chi connectivity index (χ1v) is 12.7. The summed E-state index contributed by atoms with van der Waals surface area (Å²) in [5, 5.41) is 62.5. The Kier molecular flexibility index (Phi) is 7.64. The molecule has 6 N–H and O–H groups in total. The average Bonchev–Trinajstić information content (AvgIpc) is 3.36. The van der Waals surface area contributed by atoms with Gasteiger partial charge in [0.25, 0.3) is 0 Å². The zero-order valence-electron chi connectivity index (χ0n) is 20.7. The van der Waals surface area contributed by atoms with E-state index in [0.29, 0.717) is 0 Å². The van der Waals surface area contributed by atoms with E-state index in [1.165, 1.54) is 11.1 Å². The van der Waals surface area contributed by atoms with Crippen molar-refractivity contribution in [1.29, 1.82) is 0 Å². The van der Waals surface area contributed by atoms with Crippen LogP contribution in [0.2, 0.25) is 0 Å². The third kappa shape index (κ3) is 4.30. The van der Waals surface area contributed by atoms with Gasteiger partial charge < -0.3 is 40.1 Å². The Hall–Kier alpha value is -0.840. The molecule has 0 spiro atoms. The number of fused-ring (bicyclic) bond motifs is 2. The molecule has 2 fully saturated rings. The first-order chi connectivity index (χ1) is 16.0. The standard InChI is InChI=1S/C26H42O8/c1-12(2)15-7-8-26(4)9-17-14(10-27)5-6-16(17)13(3)20(29)24(19(15)26)34-25-23(32)22(31)21(30)18(11-28)33-25/h9,12-14,16,18,20-25,27-32H,5-8,10-11H2,1-4H3/b17-9-/t13-,14-,16+,18-,20-,21+,22-,23-,24-,25-,26-/m1/s1. The maximum absolute atomic E-state index is 11.7. The van der Waals surface area contributed by atoms with Crippen LogP contribution in [-0.4, -0.2) is 86.8 Å². The third-order valence-electron chi connectivity index (χ3n) is 8.90. The van der Waals surface area contributed by atoms with E-state index in [4.69, 9.17) is 9.47 Å². The molecular weight excluding hydrogens is 440 g/mol. The van der Waals surface area contributed by atoms with Gasteiger partial charge in [-0.1, -0.05) is 44.9 Å². The zero-order chi connectivity index (χ0) is 24.9. The summed E-state index contributed by atoms with van der Waals surface area (Å²) in [6.07, 6.45) is -2.83. The molecule has 0 aromatic heterocycles. The van der Waals surface area contributed by atoms with E-state index in [9.17, 15) is 30.6 Å². The van der Waals surface area contributed by atoms with E-state index in [0.717, 1.165) is 31.3 Å².